The minimum Gasteiger partial charge on any atom is -0.309 e. The number of piperidine rings is 1. The average Bonchev–Trinajstić information content (AvgIpc) is 2.45. The molecule has 0 amide bonds. The molecule has 1 aromatic carbocycles. The van der Waals surface area contributed by atoms with Gasteiger partial charge in [-0.1, -0.05) is 44.3 Å². The van der Waals surface area contributed by atoms with Crippen LogP contribution < -0.4 is 5.32 Å². The number of benzene rings is 1. The lowest BCUT2D eigenvalue weighted by atomic mass is 10.1. The molecule has 0 bridgehead atoms. The normalized spacial score (nSPS) is 19.8. The molecular weight excluding hydrogens is 380 g/mol. The van der Waals surface area contributed by atoms with Gasteiger partial charge in [-0.15, -0.1) is 0 Å². The fraction of sp³-hybridized carbons (Fsp3) is 0.625. The molecule has 1 heterocycles. The first kappa shape index (κ1) is 16.5. The lowest BCUT2D eigenvalue weighted by molar-refractivity contribution is 0.168. The van der Waals surface area contributed by atoms with E-state index in [-0.39, 0.29) is 0 Å². The molecule has 1 N–H and O–H groups in total. The van der Waals surface area contributed by atoms with Crippen molar-refractivity contribution >= 4 is 31.9 Å². The first-order valence-electron chi connectivity index (χ1n) is 7.50. The first-order chi connectivity index (χ1) is 9.58. The Morgan fingerprint density at radius 3 is 2.50 bits per heavy atom. The van der Waals surface area contributed by atoms with Crippen LogP contribution in [0.5, 0.6) is 0 Å². The number of halogens is 2. The zero-order chi connectivity index (χ0) is 14.5. The number of nitrogens with one attached hydrogen (secondary N) is 1. The van der Waals surface area contributed by atoms with Crippen LogP contribution in [-0.2, 0) is 0 Å². The van der Waals surface area contributed by atoms with Gasteiger partial charge in [0, 0.05) is 27.6 Å². The fourth-order valence-corrected chi connectivity index (χ4v) is 4.19. The summed E-state index contributed by atoms with van der Waals surface area (Å²) in [7, 11) is 0. The molecule has 0 spiro atoms. The van der Waals surface area contributed by atoms with Gasteiger partial charge in [0.1, 0.15) is 0 Å². The van der Waals surface area contributed by atoms with E-state index >= 15 is 0 Å². The molecule has 20 heavy (non-hydrogen) atoms. The third-order valence-corrected chi connectivity index (χ3v) is 5.34. The molecule has 112 valence electrons. The predicted molar refractivity (Wildman–Crippen MR) is 93.1 cm³/mol. The van der Waals surface area contributed by atoms with E-state index < -0.39 is 0 Å². The van der Waals surface area contributed by atoms with E-state index in [1.54, 1.807) is 0 Å². The smallest absolute Gasteiger partial charge is 0.0303 e. The lowest BCUT2D eigenvalue weighted by Gasteiger charge is -2.33. The van der Waals surface area contributed by atoms with Crippen LogP contribution in [0.2, 0.25) is 0 Å². The second-order valence-corrected chi connectivity index (χ2v) is 7.51. The first-order valence-corrected chi connectivity index (χ1v) is 9.09. The number of nitrogens with zero attached hydrogens (tertiary/aromatic N) is 1. The van der Waals surface area contributed by atoms with Gasteiger partial charge in [-0.05, 0) is 57.5 Å². The Morgan fingerprint density at radius 2 is 1.85 bits per heavy atom. The molecular formula is C16H24Br2N2. The Kier molecular flexibility index (Phi) is 6.53. The molecule has 0 radical (unpaired) electrons. The van der Waals surface area contributed by atoms with Crippen molar-refractivity contribution in [2.24, 2.45) is 0 Å². The summed E-state index contributed by atoms with van der Waals surface area (Å²) in [6, 6.07) is 7.38. The zero-order valence-corrected chi connectivity index (χ0v) is 15.5. The third-order valence-electron chi connectivity index (χ3n) is 4.16. The van der Waals surface area contributed by atoms with Crippen LogP contribution in [0, 0.1) is 0 Å². The van der Waals surface area contributed by atoms with Gasteiger partial charge in [-0.2, -0.15) is 0 Å². The van der Waals surface area contributed by atoms with Crippen molar-refractivity contribution in [1.29, 1.82) is 0 Å². The van der Waals surface area contributed by atoms with Gasteiger partial charge in [0.15, 0.2) is 0 Å². The molecule has 1 aliphatic rings. The lowest BCUT2D eigenvalue weighted by Crippen LogP contribution is -2.43. The molecule has 2 unspecified atom stereocenters. The van der Waals surface area contributed by atoms with Crippen molar-refractivity contribution in [3.05, 3.63) is 32.7 Å². The number of hydrogen-bond acceptors (Lipinski definition) is 2. The topological polar surface area (TPSA) is 15.3 Å². The highest BCUT2D eigenvalue weighted by Crippen LogP contribution is 2.26. The minimum absolute atomic E-state index is 0.365. The van der Waals surface area contributed by atoms with E-state index in [0.717, 1.165) is 15.5 Å². The summed E-state index contributed by atoms with van der Waals surface area (Å²) in [5, 5.41) is 3.67. The molecule has 1 fully saturated rings. The number of likely N-dealkylation sites (tertiary alicyclic amines) is 1. The van der Waals surface area contributed by atoms with Crippen molar-refractivity contribution < 1.29 is 0 Å². The Labute approximate surface area is 139 Å². The molecule has 4 heteroatoms. The molecule has 1 aromatic rings. The Balaban J connectivity index is 1.86. The summed E-state index contributed by atoms with van der Waals surface area (Å²) in [6.07, 6.45) is 4.12. The van der Waals surface area contributed by atoms with Crippen molar-refractivity contribution in [3.63, 3.8) is 0 Å². The summed E-state index contributed by atoms with van der Waals surface area (Å²) in [5.41, 5.74) is 1.32. The van der Waals surface area contributed by atoms with Crippen LogP contribution in [0.1, 0.15) is 44.7 Å². The van der Waals surface area contributed by atoms with Gasteiger partial charge >= 0.3 is 0 Å². The largest absolute Gasteiger partial charge is 0.309 e. The van der Waals surface area contributed by atoms with E-state index in [1.165, 1.54) is 37.9 Å². The monoisotopic (exact) mass is 402 g/mol. The van der Waals surface area contributed by atoms with E-state index in [0.29, 0.717) is 12.1 Å². The van der Waals surface area contributed by atoms with Gasteiger partial charge in [0.05, 0.1) is 0 Å². The highest BCUT2D eigenvalue weighted by molar-refractivity contribution is 9.11. The molecule has 1 aliphatic heterocycles. The van der Waals surface area contributed by atoms with E-state index in [4.69, 9.17) is 0 Å². The van der Waals surface area contributed by atoms with Crippen molar-refractivity contribution in [1.82, 2.24) is 10.2 Å². The SMILES string of the molecule is CC(NCC(C)N1CCCCC1)c1ccc(Br)cc1Br. The molecule has 0 aromatic heterocycles. The molecule has 2 rings (SSSR count). The molecule has 1 saturated heterocycles. The van der Waals surface area contributed by atoms with E-state index in [9.17, 15) is 0 Å². The van der Waals surface area contributed by atoms with Crippen molar-refractivity contribution in [2.75, 3.05) is 19.6 Å². The van der Waals surface area contributed by atoms with Gasteiger partial charge < -0.3 is 5.32 Å². The maximum Gasteiger partial charge on any atom is 0.0303 e. The molecule has 2 nitrogen and oxygen atoms in total. The van der Waals surface area contributed by atoms with Gasteiger partial charge in [0.2, 0.25) is 0 Å². The van der Waals surface area contributed by atoms with Crippen LogP contribution in [0.15, 0.2) is 27.1 Å². The molecule has 0 aliphatic carbocycles. The van der Waals surface area contributed by atoms with Crippen molar-refractivity contribution in [3.8, 4) is 0 Å². The van der Waals surface area contributed by atoms with Crippen LogP contribution in [0.25, 0.3) is 0 Å². The van der Waals surface area contributed by atoms with Crippen molar-refractivity contribution in [2.45, 2.75) is 45.2 Å². The summed E-state index contributed by atoms with van der Waals surface area (Å²) < 4.78 is 2.28. The van der Waals surface area contributed by atoms with E-state index in [2.05, 4.69) is 74.1 Å². The predicted octanol–water partition coefficient (Wildman–Crippen LogP) is 4.74. The van der Waals surface area contributed by atoms with Crippen LogP contribution >= 0.6 is 31.9 Å². The third kappa shape index (κ3) is 4.55. The quantitative estimate of drug-likeness (QED) is 0.763. The van der Waals surface area contributed by atoms with Gasteiger partial charge in [-0.25, -0.2) is 0 Å². The Bertz CT molecular complexity index is 430. The summed E-state index contributed by atoms with van der Waals surface area (Å²) in [5.74, 6) is 0. The summed E-state index contributed by atoms with van der Waals surface area (Å²) in [6.45, 7) is 8.14. The van der Waals surface area contributed by atoms with Gasteiger partial charge in [0.25, 0.3) is 0 Å². The fourth-order valence-electron chi connectivity index (χ4n) is 2.80. The second-order valence-electron chi connectivity index (χ2n) is 5.74. The molecule has 0 saturated carbocycles. The van der Waals surface area contributed by atoms with Crippen LogP contribution in [-0.4, -0.2) is 30.6 Å². The zero-order valence-electron chi connectivity index (χ0n) is 12.3. The summed E-state index contributed by atoms with van der Waals surface area (Å²) >= 11 is 7.15. The molecule has 2 atom stereocenters. The Morgan fingerprint density at radius 1 is 1.15 bits per heavy atom. The summed E-state index contributed by atoms with van der Waals surface area (Å²) in [4.78, 5) is 2.61. The second kappa shape index (κ2) is 7.92. The van der Waals surface area contributed by atoms with E-state index in [1.807, 2.05) is 0 Å². The van der Waals surface area contributed by atoms with Gasteiger partial charge in [-0.3, -0.25) is 4.90 Å². The standard InChI is InChI=1S/C16H24Br2N2/c1-12(20-8-4-3-5-9-20)11-19-13(2)15-7-6-14(17)10-16(15)18/h6-7,10,12-13,19H,3-5,8-9,11H2,1-2H3. The number of rotatable bonds is 5. The highest BCUT2D eigenvalue weighted by Gasteiger charge is 2.17. The van der Waals surface area contributed by atoms with Crippen LogP contribution in [0.4, 0.5) is 0 Å². The minimum atomic E-state index is 0.365. The van der Waals surface area contributed by atoms with Crippen LogP contribution in [0.3, 0.4) is 0 Å². The highest BCUT2D eigenvalue weighted by atomic mass is 79.9. The maximum atomic E-state index is 3.67. The maximum absolute atomic E-state index is 3.67. The average molecular weight is 404 g/mol. The number of hydrogen-bond donors (Lipinski definition) is 1. The Hall–Kier alpha value is 0.1000.